The van der Waals surface area contributed by atoms with Crippen LogP contribution in [-0.4, -0.2) is 12.2 Å². The van der Waals surface area contributed by atoms with Crippen LogP contribution in [0.3, 0.4) is 0 Å². The molecule has 1 spiro atoms. The maximum Gasteiger partial charge on any atom is 0.141 e. The predicted molar refractivity (Wildman–Crippen MR) is 110 cm³/mol. The Bertz CT molecular complexity index is 618. The van der Waals surface area contributed by atoms with Crippen LogP contribution < -0.4 is 4.72 Å². The number of hydrogen-bond donors (Lipinski definition) is 2. The Kier molecular flexibility index (Phi) is 5.75. The van der Waals surface area contributed by atoms with Gasteiger partial charge in [0.05, 0.1) is 10.4 Å². The zero-order valence-electron chi connectivity index (χ0n) is 13.8. The second-order valence-corrected chi connectivity index (χ2v) is 11.0. The van der Waals surface area contributed by atoms with Gasteiger partial charge >= 0.3 is 0 Å². The molecular weight excluding hydrogens is 409 g/mol. The van der Waals surface area contributed by atoms with Gasteiger partial charge < -0.3 is 4.52 Å². The Balaban J connectivity index is 2.12. The molecule has 0 aromatic heterocycles. The minimum absolute atomic E-state index is 0.00562. The lowest BCUT2D eigenvalue weighted by molar-refractivity contribution is 0.254. The van der Waals surface area contributed by atoms with Crippen LogP contribution in [0.5, 0.6) is 0 Å². The minimum atomic E-state index is -0.737. The largest absolute Gasteiger partial charge is 0.465 e. The number of nitrogens with one attached hydrogen (secondary N) is 1. The van der Waals surface area contributed by atoms with Gasteiger partial charge in [0, 0.05) is 16.7 Å². The molecule has 1 aliphatic carbocycles. The highest BCUT2D eigenvalue weighted by Gasteiger charge is 2.45. The van der Waals surface area contributed by atoms with Crippen LogP contribution in [0, 0.1) is 13.8 Å². The van der Waals surface area contributed by atoms with Crippen LogP contribution in [0.2, 0.25) is 0 Å². The number of aryl methyl sites for hydroxylation is 2. The van der Waals surface area contributed by atoms with Gasteiger partial charge in [-0.2, -0.15) is 0 Å². The first-order chi connectivity index (χ1) is 10.9. The Morgan fingerprint density at radius 3 is 2.57 bits per heavy atom. The lowest BCUT2D eigenvalue weighted by Gasteiger charge is -2.35. The van der Waals surface area contributed by atoms with Crippen molar-refractivity contribution in [2.24, 2.45) is 0 Å². The third-order valence-electron chi connectivity index (χ3n) is 4.58. The van der Waals surface area contributed by atoms with E-state index in [0.29, 0.717) is 0 Å². The fraction of sp³-hybridized carbons (Fsp3) is 0.529. The molecule has 1 heterocycles. The molecule has 0 radical (unpaired) electrons. The van der Waals surface area contributed by atoms with E-state index in [0.717, 1.165) is 23.1 Å². The number of benzene rings is 1. The molecule has 0 bridgehead atoms. The Labute approximate surface area is 158 Å². The molecule has 126 valence electrons. The summed E-state index contributed by atoms with van der Waals surface area (Å²) < 4.78 is 11.2. The van der Waals surface area contributed by atoms with Gasteiger partial charge in [0.1, 0.15) is 13.1 Å². The highest BCUT2D eigenvalue weighted by Crippen LogP contribution is 2.55. The Morgan fingerprint density at radius 2 is 1.96 bits per heavy atom. The summed E-state index contributed by atoms with van der Waals surface area (Å²) in [7, 11) is -0.737. The Hall–Kier alpha value is 0.330. The van der Waals surface area contributed by atoms with E-state index in [-0.39, 0.29) is 5.54 Å². The Morgan fingerprint density at radius 1 is 1.26 bits per heavy atom. The van der Waals surface area contributed by atoms with Crippen molar-refractivity contribution in [3.63, 3.8) is 0 Å². The quantitative estimate of drug-likeness (QED) is 0.320. The molecule has 1 aromatic rings. The van der Waals surface area contributed by atoms with Gasteiger partial charge in [0.25, 0.3) is 0 Å². The molecule has 1 unspecified atom stereocenters. The highest BCUT2D eigenvalue weighted by atomic mass is 79.9. The zero-order chi connectivity index (χ0) is 16.6. The van der Waals surface area contributed by atoms with Crippen molar-refractivity contribution in [2.45, 2.75) is 51.5 Å². The average molecular weight is 432 g/mol. The summed E-state index contributed by atoms with van der Waals surface area (Å²) in [6.07, 6.45) is 6.15. The van der Waals surface area contributed by atoms with E-state index >= 15 is 0 Å². The van der Waals surface area contributed by atoms with Crippen LogP contribution >= 0.6 is 47.5 Å². The average Bonchev–Trinajstić information content (AvgIpc) is 2.77. The van der Waals surface area contributed by atoms with E-state index < -0.39 is 7.35 Å². The van der Waals surface area contributed by atoms with E-state index in [1.807, 2.05) is 0 Å². The molecular formula is C17H23BrNOPS2. The SMILES string of the molecule is Cc1cc(C)c(C2=C(OP(C)S)C3(CCCCC3)NS2)c(Br)c1. The summed E-state index contributed by atoms with van der Waals surface area (Å²) in [5, 5.41) is 0. The second kappa shape index (κ2) is 7.29. The van der Waals surface area contributed by atoms with E-state index in [4.69, 9.17) is 4.52 Å². The number of hydrogen-bond acceptors (Lipinski definition) is 4. The van der Waals surface area contributed by atoms with Gasteiger partial charge in [0.2, 0.25) is 0 Å². The van der Waals surface area contributed by atoms with Crippen molar-refractivity contribution in [1.82, 2.24) is 4.72 Å². The number of halogens is 1. The summed E-state index contributed by atoms with van der Waals surface area (Å²) in [4.78, 5) is 1.24. The van der Waals surface area contributed by atoms with E-state index in [9.17, 15) is 0 Å². The summed E-state index contributed by atoms with van der Waals surface area (Å²) in [6.45, 7) is 6.37. The van der Waals surface area contributed by atoms with E-state index in [1.165, 1.54) is 40.9 Å². The fourth-order valence-electron chi connectivity index (χ4n) is 3.57. The molecule has 2 aliphatic rings. The van der Waals surface area contributed by atoms with Crippen molar-refractivity contribution in [1.29, 1.82) is 0 Å². The topological polar surface area (TPSA) is 21.3 Å². The maximum absolute atomic E-state index is 6.32. The fourth-order valence-corrected chi connectivity index (χ4v) is 6.71. The summed E-state index contributed by atoms with van der Waals surface area (Å²) in [6, 6.07) is 4.43. The molecule has 1 aliphatic heterocycles. The predicted octanol–water partition coefficient (Wildman–Crippen LogP) is 6.58. The molecule has 1 saturated carbocycles. The standard InChI is InChI=1S/C17H23BrNOPS2/c1-11-9-12(2)14(13(18)10-11)15-16(20-21(3)22)17(19-23-15)7-5-4-6-8-17/h9-10,19,22H,4-8H2,1-3H3. The van der Waals surface area contributed by atoms with Crippen LogP contribution in [0.1, 0.15) is 48.8 Å². The summed E-state index contributed by atoms with van der Waals surface area (Å²) in [5.74, 6) is 1.12. The van der Waals surface area contributed by atoms with Crippen LogP contribution in [0.15, 0.2) is 22.4 Å². The first-order valence-corrected chi connectivity index (χ1v) is 12.5. The molecule has 2 nitrogen and oxygen atoms in total. The van der Waals surface area contributed by atoms with Crippen molar-refractivity contribution >= 4 is 52.4 Å². The van der Waals surface area contributed by atoms with Gasteiger partial charge in [-0.15, -0.1) is 12.2 Å². The van der Waals surface area contributed by atoms with Gasteiger partial charge in [0.15, 0.2) is 0 Å². The second-order valence-electron chi connectivity index (χ2n) is 6.50. The van der Waals surface area contributed by atoms with Gasteiger partial charge in [-0.05, 0) is 55.8 Å². The normalized spacial score (nSPS) is 21.8. The van der Waals surface area contributed by atoms with Gasteiger partial charge in [-0.25, -0.2) is 4.72 Å². The third kappa shape index (κ3) is 3.64. The van der Waals surface area contributed by atoms with Gasteiger partial charge in [-0.1, -0.05) is 41.3 Å². The lowest BCUT2D eigenvalue weighted by atomic mass is 9.80. The smallest absolute Gasteiger partial charge is 0.141 e. The number of thiol groups is 1. The lowest BCUT2D eigenvalue weighted by Crippen LogP contribution is -2.42. The zero-order valence-corrected chi connectivity index (χ0v) is 18.0. The molecule has 0 amide bonds. The molecule has 6 heteroatoms. The molecule has 1 fully saturated rings. The van der Waals surface area contributed by atoms with Crippen LogP contribution in [-0.2, 0) is 4.52 Å². The summed E-state index contributed by atoms with van der Waals surface area (Å²) >= 11 is 10.1. The molecule has 0 saturated heterocycles. The highest BCUT2D eigenvalue weighted by molar-refractivity contribution is 9.10. The van der Waals surface area contributed by atoms with Crippen molar-refractivity contribution in [3.8, 4) is 0 Å². The first kappa shape index (κ1) is 18.1. The van der Waals surface area contributed by atoms with Crippen LogP contribution in [0.4, 0.5) is 0 Å². The first-order valence-electron chi connectivity index (χ1n) is 7.99. The van der Waals surface area contributed by atoms with Crippen LogP contribution in [0.25, 0.3) is 4.91 Å². The van der Waals surface area contributed by atoms with E-state index in [1.54, 1.807) is 11.9 Å². The summed E-state index contributed by atoms with van der Waals surface area (Å²) in [5.41, 5.74) is 3.82. The molecule has 3 rings (SSSR count). The maximum atomic E-state index is 6.32. The van der Waals surface area contributed by atoms with Gasteiger partial charge in [-0.3, -0.25) is 0 Å². The van der Waals surface area contributed by atoms with E-state index in [2.05, 4.69) is 65.5 Å². The number of rotatable bonds is 3. The molecule has 1 N–H and O–H groups in total. The van der Waals surface area contributed by atoms with Crippen molar-refractivity contribution in [2.75, 3.05) is 6.66 Å². The monoisotopic (exact) mass is 431 g/mol. The molecule has 1 aromatic carbocycles. The minimum Gasteiger partial charge on any atom is -0.465 e. The van der Waals surface area contributed by atoms with Crippen molar-refractivity contribution < 1.29 is 4.52 Å². The third-order valence-corrected chi connectivity index (χ3v) is 6.98. The molecule has 1 atom stereocenters. The van der Waals surface area contributed by atoms with Crippen molar-refractivity contribution in [3.05, 3.63) is 39.1 Å². The molecule has 23 heavy (non-hydrogen) atoms.